The number of likely N-dealkylation sites (N-methyl/N-ethyl adjacent to an activating group) is 1. The lowest BCUT2D eigenvalue weighted by Gasteiger charge is -2.36. The number of aromatic nitrogens is 1. The number of alkyl carbamates (subject to hydrolysis) is 1. The fraction of sp³-hybridized carbons (Fsp3) is 0.667. The van der Waals surface area contributed by atoms with Gasteiger partial charge in [-0.3, -0.25) is 14.4 Å². The van der Waals surface area contributed by atoms with E-state index in [4.69, 9.17) is 18.4 Å². The fourth-order valence-corrected chi connectivity index (χ4v) is 7.94. The minimum absolute atomic E-state index is 0.0128. The predicted octanol–water partition coefficient (Wildman–Crippen LogP) is 3.68. The molecule has 2 saturated carbocycles. The number of carbonyl (C=O) groups excluding carboxylic acids is 4. The first kappa shape index (κ1) is 42.9. The van der Waals surface area contributed by atoms with Crippen molar-refractivity contribution in [1.29, 1.82) is 0 Å². The van der Waals surface area contributed by atoms with E-state index in [2.05, 4.69) is 15.6 Å². The van der Waals surface area contributed by atoms with Gasteiger partial charge >= 0.3 is 16.4 Å². The molecule has 0 unspecified atom stereocenters. The number of nitrogens with zero attached hydrogens (tertiary/aromatic N) is 3. The number of nitrogens with one attached hydrogen (secondary N) is 3. The van der Waals surface area contributed by atoms with E-state index in [1.807, 2.05) is 54.9 Å². The molecule has 5 rings (SSSR count). The molecule has 2 heterocycles. The standard InChI is InChI=1S/C39H58N6O10S/c1-11-25-22-39(25,34(48)43-56(50,51)55-38(8)15-16-38)42-31(46)29-21-27(23-45(29)33(47)30(36(2,3)4)41-35(49)54-37(5,6)7)53-32-28-13-12-26(52-19-18-44(9)10)20-24(28)14-17-40-32/h12-14,17,20,25,27,29-30H,11,15-16,18-19,21-23H2,1-10H3,(H,41,49)(H,42,46)(H,43,48)/t25-,27-,29+,30-,39-/m1/s1. The van der Waals surface area contributed by atoms with Crippen LogP contribution in [0.1, 0.15) is 87.5 Å². The van der Waals surface area contributed by atoms with Crippen LogP contribution in [0.4, 0.5) is 4.79 Å². The van der Waals surface area contributed by atoms with Crippen LogP contribution in [0.5, 0.6) is 11.6 Å². The minimum Gasteiger partial charge on any atom is -0.492 e. The summed E-state index contributed by atoms with van der Waals surface area (Å²) in [5, 5.41) is 7.05. The number of amides is 4. The summed E-state index contributed by atoms with van der Waals surface area (Å²) < 4.78 is 50.7. The third-order valence-corrected chi connectivity index (χ3v) is 11.3. The van der Waals surface area contributed by atoms with Crippen LogP contribution >= 0.6 is 0 Å². The number of rotatable bonds is 15. The van der Waals surface area contributed by atoms with Crippen molar-refractivity contribution in [2.75, 3.05) is 33.8 Å². The molecular formula is C39H58N6O10S. The van der Waals surface area contributed by atoms with Crippen molar-refractivity contribution < 1.29 is 46.0 Å². The zero-order valence-electron chi connectivity index (χ0n) is 34.2. The van der Waals surface area contributed by atoms with Crippen molar-refractivity contribution in [3.8, 4) is 11.6 Å². The molecule has 2 aliphatic carbocycles. The van der Waals surface area contributed by atoms with Gasteiger partial charge in [0.25, 0.3) is 5.91 Å². The van der Waals surface area contributed by atoms with E-state index in [0.29, 0.717) is 42.9 Å². The molecule has 16 nitrogen and oxygen atoms in total. The molecule has 1 aromatic heterocycles. The minimum atomic E-state index is -4.46. The van der Waals surface area contributed by atoms with Crippen molar-refractivity contribution in [2.24, 2.45) is 11.3 Å². The van der Waals surface area contributed by atoms with Crippen molar-refractivity contribution in [3.63, 3.8) is 0 Å². The molecule has 2 aromatic rings. The summed E-state index contributed by atoms with van der Waals surface area (Å²) in [6.45, 7) is 15.1. The smallest absolute Gasteiger partial charge is 0.408 e. The summed E-state index contributed by atoms with van der Waals surface area (Å²) >= 11 is 0. The SMILES string of the molecule is CC[C@@H]1C[C@]1(NC(=O)[C@@H]1C[C@@H](Oc2nccc3cc(OCCN(C)C)ccc23)CN1C(=O)[C@@H](NC(=O)OC(C)(C)C)C(C)(C)C)C(=O)NS(=O)(=O)OC1(C)CC1. The molecular weight excluding hydrogens is 745 g/mol. The third kappa shape index (κ3) is 10.6. The van der Waals surface area contributed by atoms with Gasteiger partial charge in [-0.15, -0.1) is 0 Å². The molecule has 17 heteroatoms. The maximum absolute atomic E-state index is 14.6. The van der Waals surface area contributed by atoms with Gasteiger partial charge in [0.1, 0.15) is 41.7 Å². The summed E-state index contributed by atoms with van der Waals surface area (Å²) in [7, 11) is -0.527. The Bertz CT molecular complexity index is 1920. The van der Waals surface area contributed by atoms with Crippen LogP contribution in [0, 0.1) is 11.3 Å². The molecule has 4 amide bonds. The molecule has 3 aliphatic rings. The van der Waals surface area contributed by atoms with Crippen LogP contribution < -0.4 is 24.8 Å². The highest BCUT2D eigenvalue weighted by Crippen LogP contribution is 2.47. The van der Waals surface area contributed by atoms with Crippen molar-refractivity contribution >= 4 is 44.9 Å². The van der Waals surface area contributed by atoms with Crippen LogP contribution in [0.25, 0.3) is 10.8 Å². The zero-order valence-corrected chi connectivity index (χ0v) is 35.0. The van der Waals surface area contributed by atoms with Gasteiger partial charge in [-0.1, -0.05) is 34.1 Å². The molecule has 3 N–H and O–H groups in total. The lowest BCUT2D eigenvalue weighted by atomic mass is 9.85. The zero-order chi connectivity index (χ0) is 41.4. The molecule has 3 fully saturated rings. The number of fused-ring (bicyclic) bond motifs is 1. The first-order valence-corrected chi connectivity index (χ1v) is 20.6. The average Bonchev–Trinajstić information content (AvgIpc) is 3.93. The normalized spacial score (nSPS) is 23.6. The molecule has 0 radical (unpaired) electrons. The number of carbonyl (C=O) groups is 4. The first-order valence-electron chi connectivity index (χ1n) is 19.2. The number of hydrogen-bond donors (Lipinski definition) is 3. The largest absolute Gasteiger partial charge is 0.492 e. The summed E-state index contributed by atoms with van der Waals surface area (Å²) in [5.41, 5.74) is -4.07. The monoisotopic (exact) mass is 802 g/mol. The van der Waals surface area contributed by atoms with Gasteiger partial charge in [-0.05, 0) is 102 Å². The van der Waals surface area contributed by atoms with Crippen molar-refractivity contribution in [3.05, 3.63) is 30.5 Å². The number of benzene rings is 1. The van der Waals surface area contributed by atoms with E-state index >= 15 is 0 Å². The molecule has 56 heavy (non-hydrogen) atoms. The summed E-state index contributed by atoms with van der Waals surface area (Å²) in [6, 6.07) is 5.10. The average molecular weight is 803 g/mol. The van der Waals surface area contributed by atoms with E-state index in [1.165, 1.54) is 4.90 Å². The van der Waals surface area contributed by atoms with E-state index < -0.39 is 74.5 Å². The molecule has 310 valence electrons. The van der Waals surface area contributed by atoms with Crippen molar-refractivity contribution in [1.82, 2.24) is 30.1 Å². The second-order valence-electron chi connectivity index (χ2n) is 17.8. The van der Waals surface area contributed by atoms with Gasteiger partial charge in [0.05, 0.1) is 12.1 Å². The van der Waals surface area contributed by atoms with Crippen LogP contribution in [0.15, 0.2) is 30.5 Å². The Hall–Kier alpha value is -4.22. The molecule has 0 spiro atoms. The molecule has 1 aliphatic heterocycles. The maximum atomic E-state index is 14.6. The Labute approximate surface area is 330 Å². The molecule has 5 atom stereocenters. The topological polar surface area (TPSA) is 195 Å². The Morgan fingerprint density at radius 1 is 1.07 bits per heavy atom. The number of ether oxygens (including phenoxy) is 3. The lowest BCUT2D eigenvalue weighted by molar-refractivity contribution is -0.143. The predicted molar refractivity (Wildman–Crippen MR) is 208 cm³/mol. The van der Waals surface area contributed by atoms with Gasteiger partial charge in [-0.25, -0.2) is 18.7 Å². The lowest BCUT2D eigenvalue weighted by Crippen LogP contribution is -2.60. The highest BCUT2D eigenvalue weighted by atomic mass is 32.2. The van der Waals surface area contributed by atoms with E-state index in [-0.39, 0.29) is 25.3 Å². The molecule has 1 saturated heterocycles. The summed E-state index contributed by atoms with van der Waals surface area (Å²) in [4.78, 5) is 63.4. The fourth-order valence-electron chi connectivity index (χ4n) is 6.79. The highest BCUT2D eigenvalue weighted by molar-refractivity contribution is 7.85. The Morgan fingerprint density at radius 2 is 1.77 bits per heavy atom. The summed E-state index contributed by atoms with van der Waals surface area (Å²) in [6.07, 6.45) is 1.83. The summed E-state index contributed by atoms with van der Waals surface area (Å²) in [5.74, 6) is -1.52. The molecule has 1 aromatic carbocycles. The third-order valence-electron chi connectivity index (χ3n) is 10.2. The van der Waals surface area contributed by atoms with E-state index in [1.54, 1.807) is 54.7 Å². The Balaban J connectivity index is 1.42. The highest BCUT2D eigenvalue weighted by Gasteiger charge is 2.62. The number of pyridine rings is 1. The molecule has 0 bridgehead atoms. The van der Waals surface area contributed by atoms with Crippen LogP contribution in [0.3, 0.4) is 0 Å². The van der Waals surface area contributed by atoms with E-state index in [9.17, 15) is 27.6 Å². The van der Waals surface area contributed by atoms with Gasteiger partial charge in [0.2, 0.25) is 17.7 Å². The Kier molecular flexibility index (Phi) is 12.2. The van der Waals surface area contributed by atoms with Gasteiger partial charge in [0.15, 0.2) is 0 Å². The number of likely N-dealkylation sites (tertiary alicyclic amines) is 1. The van der Waals surface area contributed by atoms with Crippen LogP contribution in [-0.2, 0) is 33.6 Å². The van der Waals surface area contributed by atoms with E-state index in [0.717, 1.165) is 11.9 Å². The quantitative estimate of drug-likeness (QED) is 0.237. The first-order chi connectivity index (χ1) is 25.9. The maximum Gasteiger partial charge on any atom is 0.408 e. The van der Waals surface area contributed by atoms with Crippen LogP contribution in [-0.4, -0.2) is 116 Å². The van der Waals surface area contributed by atoms with Gasteiger partial charge in [-0.2, -0.15) is 8.42 Å². The second-order valence-corrected chi connectivity index (χ2v) is 19.0. The van der Waals surface area contributed by atoms with Gasteiger partial charge in [0, 0.05) is 24.5 Å². The van der Waals surface area contributed by atoms with Gasteiger partial charge < -0.3 is 34.6 Å². The van der Waals surface area contributed by atoms with Crippen LogP contribution in [0.2, 0.25) is 0 Å². The van der Waals surface area contributed by atoms with Crippen molar-refractivity contribution in [2.45, 2.75) is 122 Å². The second kappa shape index (κ2) is 16.0. The Morgan fingerprint density at radius 3 is 2.36 bits per heavy atom. The number of hydrogen-bond acceptors (Lipinski definition) is 12.